The minimum Gasteiger partial charge on any atom is -0.334 e. The van der Waals surface area contributed by atoms with Crippen molar-refractivity contribution in [1.29, 1.82) is 0 Å². The molecular weight excluding hydrogens is 382 g/mol. The first kappa shape index (κ1) is 17.1. The van der Waals surface area contributed by atoms with Crippen molar-refractivity contribution in [3.05, 3.63) is 69.2 Å². The van der Waals surface area contributed by atoms with Gasteiger partial charge in [0.05, 0.1) is 11.4 Å². The molecule has 0 radical (unpaired) electrons. The third-order valence-corrected chi connectivity index (χ3v) is 5.24. The number of aromatic nitrogens is 4. The van der Waals surface area contributed by atoms with Gasteiger partial charge in [0.2, 0.25) is 5.91 Å². The molecule has 1 aromatic carbocycles. The van der Waals surface area contributed by atoms with E-state index in [2.05, 4.69) is 9.97 Å². The van der Waals surface area contributed by atoms with Crippen LogP contribution in [-0.4, -0.2) is 25.0 Å². The number of hydrogen-bond acceptors (Lipinski definition) is 3. The molecule has 0 saturated carbocycles. The summed E-state index contributed by atoms with van der Waals surface area (Å²) in [6.45, 7) is 0.331. The molecule has 1 N–H and O–H groups in total. The van der Waals surface area contributed by atoms with Crippen LogP contribution >= 0.6 is 23.8 Å². The van der Waals surface area contributed by atoms with Crippen LogP contribution in [0.1, 0.15) is 27.7 Å². The van der Waals surface area contributed by atoms with E-state index in [1.54, 1.807) is 10.8 Å². The second kappa shape index (κ2) is 6.44. The molecule has 9 heteroatoms. The van der Waals surface area contributed by atoms with E-state index in [1.165, 1.54) is 29.2 Å². The number of H-pyrrole nitrogens is 1. The van der Waals surface area contributed by atoms with Crippen molar-refractivity contribution in [3.63, 3.8) is 0 Å². The van der Waals surface area contributed by atoms with Crippen LogP contribution in [0.25, 0.3) is 0 Å². The fourth-order valence-corrected chi connectivity index (χ4v) is 3.88. The van der Waals surface area contributed by atoms with E-state index in [1.807, 2.05) is 0 Å². The normalized spacial score (nSPS) is 16.0. The number of halogens is 3. The van der Waals surface area contributed by atoms with Crippen LogP contribution in [0.3, 0.4) is 0 Å². The van der Waals surface area contributed by atoms with Crippen molar-refractivity contribution in [3.8, 4) is 0 Å². The molecule has 1 aliphatic heterocycles. The number of carbonyl (C=O) groups excluding carboxylic acids is 1. The number of nitrogens with zero attached hydrogens (tertiary/aromatic N) is 3. The molecule has 0 amide bonds. The highest BCUT2D eigenvalue weighted by Crippen LogP contribution is 2.36. The number of aromatic amines is 1. The maximum absolute atomic E-state index is 14.4. The van der Waals surface area contributed by atoms with E-state index in [4.69, 9.17) is 23.8 Å². The lowest BCUT2D eigenvalue weighted by Gasteiger charge is -2.13. The van der Waals surface area contributed by atoms with Gasteiger partial charge in [-0.15, -0.1) is 0 Å². The van der Waals surface area contributed by atoms with Crippen LogP contribution in [0.2, 0.25) is 5.02 Å². The average molecular weight is 395 g/mol. The lowest BCUT2D eigenvalue weighted by atomic mass is 9.95. The van der Waals surface area contributed by atoms with Gasteiger partial charge < -0.3 is 9.55 Å². The molecule has 1 unspecified atom stereocenters. The summed E-state index contributed by atoms with van der Waals surface area (Å²) < 4.78 is 32.2. The van der Waals surface area contributed by atoms with E-state index in [-0.39, 0.29) is 22.9 Å². The molecule has 0 fully saturated rings. The third kappa shape index (κ3) is 2.79. The van der Waals surface area contributed by atoms with Crippen molar-refractivity contribution in [2.75, 3.05) is 0 Å². The van der Waals surface area contributed by atoms with Crippen molar-refractivity contribution in [1.82, 2.24) is 19.1 Å². The Morgan fingerprint density at radius 1 is 1.42 bits per heavy atom. The van der Waals surface area contributed by atoms with Gasteiger partial charge in [-0.1, -0.05) is 11.6 Å². The first-order chi connectivity index (χ1) is 12.5. The lowest BCUT2D eigenvalue weighted by Crippen LogP contribution is -2.13. The number of benzene rings is 1. The molecule has 3 heterocycles. The number of rotatable bonds is 3. The van der Waals surface area contributed by atoms with Crippen LogP contribution in [0, 0.1) is 16.4 Å². The summed E-state index contributed by atoms with van der Waals surface area (Å²) >= 11 is 11.1. The van der Waals surface area contributed by atoms with Gasteiger partial charge in [0.25, 0.3) is 0 Å². The van der Waals surface area contributed by atoms with Gasteiger partial charge in [0, 0.05) is 41.8 Å². The predicted octanol–water partition coefficient (Wildman–Crippen LogP) is 3.90. The average Bonchev–Trinajstić information content (AvgIpc) is 3.31. The van der Waals surface area contributed by atoms with Gasteiger partial charge in [-0.05, 0) is 30.8 Å². The molecule has 2 aromatic heterocycles. The van der Waals surface area contributed by atoms with E-state index in [9.17, 15) is 13.6 Å². The topological polar surface area (TPSA) is 55.6 Å². The second-order valence-corrected chi connectivity index (χ2v) is 6.96. The van der Waals surface area contributed by atoms with E-state index < -0.39 is 17.6 Å². The second-order valence-electron chi connectivity index (χ2n) is 6.16. The zero-order chi connectivity index (χ0) is 18.4. The van der Waals surface area contributed by atoms with Crippen LogP contribution in [0.15, 0.2) is 30.9 Å². The highest BCUT2D eigenvalue weighted by Gasteiger charge is 2.32. The number of nitrogens with one attached hydrogen (secondary N) is 1. The van der Waals surface area contributed by atoms with E-state index in [0.29, 0.717) is 23.4 Å². The predicted molar refractivity (Wildman–Crippen MR) is 94.0 cm³/mol. The molecule has 4 rings (SSSR count). The molecule has 0 bridgehead atoms. The minimum absolute atomic E-state index is 0.0394. The summed E-state index contributed by atoms with van der Waals surface area (Å²) in [5, 5.41) is -0.112. The summed E-state index contributed by atoms with van der Waals surface area (Å²) in [5.74, 6) is -1.98. The van der Waals surface area contributed by atoms with Crippen molar-refractivity contribution in [2.45, 2.75) is 25.3 Å². The standard InChI is InChI=1S/C17H13ClF2N4OS/c18-10-1-2-11(19)15(16(10)20)9-5-13-12(22-17(26)24(13)7-9)6-14(25)23-4-3-21-8-23/h1-4,8-9H,5-7H2,(H,22,26). The van der Waals surface area contributed by atoms with Gasteiger partial charge in [-0.25, -0.2) is 13.8 Å². The van der Waals surface area contributed by atoms with Gasteiger partial charge in [-0.3, -0.25) is 9.36 Å². The van der Waals surface area contributed by atoms with Gasteiger partial charge >= 0.3 is 0 Å². The SMILES string of the molecule is O=C(Cc1[nH]c(=S)n2c1CC(c1c(F)ccc(Cl)c1F)C2)n1ccnc1. The quantitative estimate of drug-likeness (QED) is 0.541. The Morgan fingerprint density at radius 3 is 2.96 bits per heavy atom. The Morgan fingerprint density at radius 2 is 2.23 bits per heavy atom. The highest BCUT2D eigenvalue weighted by molar-refractivity contribution is 7.71. The molecule has 26 heavy (non-hydrogen) atoms. The van der Waals surface area contributed by atoms with Crippen LogP contribution in [-0.2, 0) is 19.4 Å². The van der Waals surface area contributed by atoms with E-state index >= 15 is 0 Å². The smallest absolute Gasteiger partial charge is 0.237 e. The molecule has 5 nitrogen and oxygen atoms in total. The maximum Gasteiger partial charge on any atom is 0.237 e. The molecule has 3 aromatic rings. The number of hydrogen-bond donors (Lipinski definition) is 1. The molecule has 0 spiro atoms. The largest absolute Gasteiger partial charge is 0.334 e. The lowest BCUT2D eigenvalue weighted by molar-refractivity contribution is 0.0912. The van der Waals surface area contributed by atoms with Crippen LogP contribution < -0.4 is 0 Å². The summed E-state index contributed by atoms with van der Waals surface area (Å²) in [4.78, 5) is 19.2. The van der Waals surface area contributed by atoms with Crippen LogP contribution in [0.4, 0.5) is 8.78 Å². The van der Waals surface area contributed by atoms with Gasteiger partial charge in [0.15, 0.2) is 4.77 Å². The highest BCUT2D eigenvalue weighted by atomic mass is 35.5. The molecular formula is C17H13ClF2N4OS. The number of fused-ring (bicyclic) bond motifs is 1. The molecule has 134 valence electrons. The van der Waals surface area contributed by atoms with Crippen molar-refractivity contribution >= 4 is 29.7 Å². The monoisotopic (exact) mass is 394 g/mol. The Balaban J connectivity index is 1.65. The summed E-state index contributed by atoms with van der Waals surface area (Å²) in [7, 11) is 0. The third-order valence-electron chi connectivity index (χ3n) is 4.63. The van der Waals surface area contributed by atoms with Crippen LogP contribution in [0.5, 0.6) is 0 Å². The van der Waals surface area contributed by atoms with Crippen molar-refractivity contribution < 1.29 is 13.6 Å². The number of imidazole rings is 2. The minimum atomic E-state index is -0.742. The Bertz CT molecular complexity index is 1060. The summed E-state index contributed by atoms with van der Waals surface area (Å²) in [6.07, 6.45) is 4.97. The fourth-order valence-electron chi connectivity index (χ4n) is 3.40. The first-order valence-electron chi connectivity index (χ1n) is 7.90. The Labute approximate surface area is 157 Å². The number of carbonyl (C=O) groups is 1. The Hall–Kier alpha value is -2.32. The van der Waals surface area contributed by atoms with Crippen molar-refractivity contribution in [2.24, 2.45) is 0 Å². The molecule has 0 aliphatic carbocycles. The summed E-state index contributed by atoms with van der Waals surface area (Å²) in [6, 6.07) is 2.37. The summed E-state index contributed by atoms with van der Waals surface area (Å²) in [5.41, 5.74) is 1.40. The van der Waals surface area contributed by atoms with Gasteiger partial charge in [0.1, 0.15) is 18.0 Å². The molecule has 1 atom stereocenters. The van der Waals surface area contributed by atoms with Gasteiger partial charge in [-0.2, -0.15) is 0 Å². The zero-order valence-electron chi connectivity index (χ0n) is 13.4. The van der Waals surface area contributed by atoms with E-state index in [0.717, 1.165) is 5.69 Å². The first-order valence-corrected chi connectivity index (χ1v) is 8.69. The molecule has 1 aliphatic rings. The maximum atomic E-state index is 14.4. The molecule has 0 saturated heterocycles. The zero-order valence-corrected chi connectivity index (χ0v) is 14.9. The Kier molecular flexibility index (Phi) is 4.24. The fraction of sp³-hybridized carbons (Fsp3) is 0.235.